The van der Waals surface area contributed by atoms with E-state index in [0.29, 0.717) is 37.7 Å². The first-order valence-corrected chi connectivity index (χ1v) is 21.8. The Labute approximate surface area is 335 Å². The third-order valence-electron chi connectivity index (χ3n) is 9.31. The van der Waals surface area contributed by atoms with E-state index in [4.69, 9.17) is 37.7 Å². The van der Waals surface area contributed by atoms with E-state index in [1.54, 1.807) is 36.4 Å². The Morgan fingerprint density at radius 1 is 0.912 bits per heavy atom. The van der Waals surface area contributed by atoms with Crippen molar-refractivity contribution in [2.45, 2.75) is 62.7 Å². The molecule has 2 aliphatic heterocycles. The van der Waals surface area contributed by atoms with Gasteiger partial charge in [0.15, 0.2) is 6.29 Å². The minimum atomic E-state index is -4.03. The summed E-state index contributed by atoms with van der Waals surface area (Å²) in [6.07, 6.45) is -2.23. The summed E-state index contributed by atoms with van der Waals surface area (Å²) in [7, 11) is -4.54. The van der Waals surface area contributed by atoms with Crippen LogP contribution in [0.3, 0.4) is 0 Å². The van der Waals surface area contributed by atoms with Crippen LogP contribution in [0.1, 0.15) is 31.4 Å². The summed E-state index contributed by atoms with van der Waals surface area (Å²) in [5, 5.41) is 14.5. The normalized spacial score (nSPS) is 19.3. The van der Waals surface area contributed by atoms with E-state index in [1.165, 1.54) is 23.5 Å². The van der Waals surface area contributed by atoms with Crippen LogP contribution in [-0.2, 0) is 55.8 Å². The van der Waals surface area contributed by atoms with Gasteiger partial charge in [0.1, 0.15) is 30.8 Å². The highest BCUT2D eigenvalue weighted by molar-refractivity contribution is 7.89. The fraction of sp³-hybridized carbons (Fsp3) is 0.525. The van der Waals surface area contributed by atoms with Gasteiger partial charge in [-0.1, -0.05) is 56.3 Å². The van der Waals surface area contributed by atoms with Gasteiger partial charge in [-0.15, -0.1) is 4.52 Å². The lowest BCUT2D eigenvalue weighted by Crippen LogP contribution is -2.51. The second kappa shape index (κ2) is 22.4. The molecule has 1 amide bonds. The van der Waals surface area contributed by atoms with Crippen molar-refractivity contribution in [3.05, 3.63) is 90.0 Å². The van der Waals surface area contributed by atoms with Crippen LogP contribution in [0.25, 0.3) is 0 Å². The van der Waals surface area contributed by atoms with Gasteiger partial charge in [0.05, 0.1) is 63.1 Å². The van der Waals surface area contributed by atoms with Crippen LogP contribution in [-0.4, -0.2) is 115 Å². The number of sulfonamides is 1. The summed E-state index contributed by atoms with van der Waals surface area (Å²) in [4.78, 5) is 13.3. The molecule has 312 valence electrons. The Kier molecular flexibility index (Phi) is 17.5. The number of amides is 1. The van der Waals surface area contributed by atoms with Crippen LogP contribution < -0.4 is 14.8 Å². The molecule has 17 heteroatoms. The lowest BCUT2D eigenvalue weighted by molar-refractivity contribution is -0.0907. The number of rotatable bonds is 24. The van der Waals surface area contributed by atoms with Gasteiger partial charge in [-0.25, -0.2) is 13.2 Å². The molecule has 3 aromatic rings. The number of alkyl carbamates (subject to hydrolysis) is 1. The summed E-state index contributed by atoms with van der Waals surface area (Å²) in [5.41, 5.74) is 1.79. The Bertz CT molecular complexity index is 1790. The van der Waals surface area contributed by atoms with E-state index >= 15 is 0 Å². The molecule has 57 heavy (non-hydrogen) atoms. The zero-order valence-corrected chi connectivity index (χ0v) is 34.3. The quantitative estimate of drug-likeness (QED) is 0.0898. The monoisotopic (exact) mass is 833 g/mol. The number of hydrogen-bond acceptors (Lipinski definition) is 13. The lowest BCUT2D eigenvalue weighted by Gasteiger charge is -2.31. The molecule has 2 fully saturated rings. The van der Waals surface area contributed by atoms with E-state index in [0.717, 1.165) is 11.1 Å². The van der Waals surface area contributed by atoms with Gasteiger partial charge in [-0.3, -0.25) is 0 Å². The molecule has 5 rings (SSSR count). The maximum Gasteiger partial charge on any atom is 0.537 e. The predicted octanol–water partition coefficient (Wildman–Crippen LogP) is 5.13. The van der Waals surface area contributed by atoms with Gasteiger partial charge in [0.25, 0.3) is 6.35 Å². The van der Waals surface area contributed by atoms with Gasteiger partial charge in [0, 0.05) is 13.1 Å². The van der Waals surface area contributed by atoms with Crippen molar-refractivity contribution in [3.8, 4) is 11.5 Å². The van der Waals surface area contributed by atoms with Crippen LogP contribution >= 0.6 is 8.03 Å². The summed E-state index contributed by atoms with van der Waals surface area (Å²) in [6.45, 7) is 5.66. The van der Waals surface area contributed by atoms with Crippen molar-refractivity contribution < 1.29 is 60.6 Å². The van der Waals surface area contributed by atoms with E-state index in [9.17, 15) is 22.9 Å². The van der Waals surface area contributed by atoms with Crippen molar-refractivity contribution in [3.63, 3.8) is 0 Å². The SMILES string of the molecule is COc1ccc(S(=O)(=O)N(CC(C)C)C[C@@H](O)[C@H](Cc2ccc(OCCOC[P+](=O)OCCOCc3ccccc3)cc2)NC(=O)O[C@H]2CO[C@H]3OCC[C@H]32)cc1. The molecule has 2 N–H and O–H groups in total. The van der Waals surface area contributed by atoms with Crippen LogP contribution in [0.15, 0.2) is 83.8 Å². The average Bonchev–Trinajstić information content (AvgIpc) is 3.83. The first-order chi connectivity index (χ1) is 27.5. The summed E-state index contributed by atoms with van der Waals surface area (Å²) < 4.78 is 85.2. The Morgan fingerprint density at radius 3 is 2.35 bits per heavy atom. The molecule has 6 atom stereocenters. The number of benzene rings is 3. The van der Waals surface area contributed by atoms with E-state index < -0.39 is 48.7 Å². The van der Waals surface area contributed by atoms with Gasteiger partial charge in [0.2, 0.25) is 10.0 Å². The zero-order chi connectivity index (χ0) is 40.6. The number of carbonyl (C=O) groups is 1. The minimum Gasteiger partial charge on any atom is -0.497 e. The van der Waals surface area contributed by atoms with Gasteiger partial charge in [-0.2, -0.15) is 4.31 Å². The molecule has 0 bridgehead atoms. The highest BCUT2D eigenvalue weighted by Crippen LogP contribution is 2.33. The smallest absolute Gasteiger partial charge is 0.497 e. The molecule has 0 saturated carbocycles. The molecule has 0 radical (unpaired) electrons. The highest BCUT2D eigenvalue weighted by atomic mass is 32.2. The maximum atomic E-state index is 13.8. The van der Waals surface area contributed by atoms with Crippen LogP contribution in [0, 0.1) is 11.8 Å². The van der Waals surface area contributed by atoms with Crippen molar-refractivity contribution in [2.75, 3.05) is 66.2 Å². The number of nitrogens with zero attached hydrogens (tertiary/aromatic N) is 1. The molecule has 1 unspecified atom stereocenters. The minimum absolute atomic E-state index is 0.0537. The van der Waals surface area contributed by atoms with E-state index in [1.807, 2.05) is 44.2 Å². The van der Waals surface area contributed by atoms with Gasteiger partial charge >= 0.3 is 14.1 Å². The highest BCUT2D eigenvalue weighted by Gasteiger charge is 2.44. The predicted molar refractivity (Wildman–Crippen MR) is 210 cm³/mol. The van der Waals surface area contributed by atoms with Crippen molar-refractivity contribution in [1.82, 2.24) is 9.62 Å². The third kappa shape index (κ3) is 14.0. The topological polar surface area (TPSA) is 178 Å². The first-order valence-electron chi connectivity index (χ1n) is 19.0. The van der Waals surface area contributed by atoms with E-state index in [2.05, 4.69) is 5.32 Å². The number of aliphatic hydroxyl groups excluding tert-OH is 1. The fourth-order valence-electron chi connectivity index (χ4n) is 6.40. The van der Waals surface area contributed by atoms with Crippen molar-refractivity contribution >= 4 is 24.1 Å². The average molecular weight is 834 g/mol. The van der Waals surface area contributed by atoms with E-state index in [-0.39, 0.29) is 69.0 Å². The summed E-state index contributed by atoms with van der Waals surface area (Å²) in [6, 6.07) is 21.9. The van der Waals surface area contributed by atoms with Crippen LogP contribution in [0.2, 0.25) is 0 Å². The second-order valence-electron chi connectivity index (χ2n) is 14.1. The standard InChI is InChI=1S/C40H53N2O13PS/c1-29(2)24-42(57(46,47)34-15-13-32(48-3)14-16-34)25-37(43)36(41-40(44)55-38-27-53-39-35(38)17-18-52-39)23-30-9-11-33(12-10-30)51-21-19-50-28-56(45)54-22-20-49-26-31-7-5-4-6-8-31/h4-16,29,35-39,43H,17-28H2,1-3H3/p+1/t35-,36-,37+,38-,39+/m0/s1. The molecule has 0 aromatic heterocycles. The molecule has 0 spiro atoms. The van der Waals surface area contributed by atoms with Crippen LogP contribution in [0.5, 0.6) is 11.5 Å². The number of methoxy groups -OCH3 is 1. The Hall–Kier alpha value is -3.70. The zero-order valence-electron chi connectivity index (χ0n) is 32.6. The summed E-state index contributed by atoms with van der Waals surface area (Å²) >= 11 is 0. The second-order valence-corrected chi connectivity index (χ2v) is 17.2. The Balaban J connectivity index is 1.13. The van der Waals surface area contributed by atoms with Crippen molar-refractivity contribution in [2.24, 2.45) is 11.8 Å². The molecule has 2 aliphatic rings. The Morgan fingerprint density at radius 2 is 1.63 bits per heavy atom. The van der Waals surface area contributed by atoms with Crippen LogP contribution in [0.4, 0.5) is 4.79 Å². The number of aliphatic hydroxyl groups is 1. The molecular weight excluding hydrogens is 779 g/mol. The largest absolute Gasteiger partial charge is 0.537 e. The summed E-state index contributed by atoms with van der Waals surface area (Å²) in [5.74, 6) is 0.914. The van der Waals surface area contributed by atoms with Crippen molar-refractivity contribution in [1.29, 1.82) is 0 Å². The third-order valence-corrected chi connectivity index (χ3v) is 12.0. The molecule has 3 aromatic carbocycles. The number of ether oxygens (including phenoxy) is 7. The molecule has 2 saturated heterocycles. The maximum absolute atomic E-state index is 13.8. The molecular formula is C40H54N2O13PS+. The molecule has 2 heterocycles. The first kappa shape index (κ1) is 44.4. The van der Waals surface area contributed by atoms with Gasteiger partial charge in [-0.05, 0) is 70.8 Å². The number of fused-ring (bicyclic) bond motifs is 1. The van der Waals surface area contributed by atoms with Gasteiger partial charge < -0.3 is 43.6 Å². The molecule has 0 aliphatic carbocycles. The number of nitrogens with one attached hydrogen (secondary N) is 1. The number of hydrogen-bond donors (Lipinski definition) is 2. The fourth-order valence-corrected chi connectivity index (χ4v) is 8.65. The molecule has 15 nitrogen and oxygen atoms in total. The lowest BCUT2D eigenvalue weighted by atomic mass is 10.0. The number of carbonyl (C=O) groups excluding carboxylic acids is 1.